The predicted molar refractivity (Wildman–Crippen MR) is 101 cm³/mol. The average molecular weight is 353 g/mol. The van der Waals surface area contributed by atoms with Gasteiger partial charge in [-0.05, 0) is 48.1 Å². The van der Waals surface area contributed by atoms with Crippen molar-refractivity contribution in [2.45, 2.75) is 42.8 Å². The molecule has 2 heterocycles. The highest BCUT2D eigenvalue weighted by atomic mass is 32.2. The molecule has 0 aromatic heterocycles. The van der Waals surface area contributed by atoms with E-state index in [2.05, 4.69) is 41.3 Å². The summed E-state index contributed by atoms with van der Waals surface area (Å²) in [4.78, 5) is 3.00. The monoisotopic (exact) mass is 353 g/mol. The van der Waals surface area contributed by atoms with Crippen LogP contribution in [0.3, 0.4) is 0 Å². The Morgan fingerprint density at radius 3 is 2.36 bits per heavy atom. The van der Waals surface area contributed by atoms with E-state index in [1.54, 1.807) is 12.1 Å². The zero-order valence-electron chi connectivity index (χ0n) is 14.4. The lowest BCUT2D eigenvalue weighted by atomic mass is 9.94. The van der Waals surface area contributed by atoms with Crippen LogP contribution < -0.4 is 0 Å². The first-order chi connectivity index (χ1) is 12.0. The van der Waals surface area contributed by atoms with Crippen molar-refractivity contribution in [2.24, 2.45) is 0 Å². The van der Waals surface area contributed by atoms with Crippen LogP contribution >= 0.6 is 0 Å². The Morgan fingerprint density at radius 2 is 1.72 bits per heavy atom. The molecule has 2 aliphatic rings. The van der Waals surface area contributed by atoms with E-state index in [-0.39, 0.29) is 0 Å². The Labute approximate surface area is 149 Å². The van der Waals surface area contributed by atoms with Gasteiger partial charge in [0.05, 0.1) is 4.90 Å². The van der Waals surface area contributed by atoms with Crippen molar-refractivity contribution in [2.75, 3.05) is 6.26 Å². The molecule has 0 spiro atoms. The minimum Gasteiger partial charge on any atom is -0.289 e. The molecule has 3 nitrogen and oxygen atoms in total. The second kappa shape index (κ2) is 6.43. The number of nitrogens with zero attached hydrogens (tertiary/aromatic N) is 1. The summed E-state index contributed by atoms with van der Waals surface area (Å²) in [7, 11) is -3.13. The molecule has 2 unspecified atom stereocenters. The summed E-state index contributed by atoms with van der Waals surface area (Å²) in [6.07, 6.45) is 7.13. The van der Waals surface area contributed by atoms with Crippen LogP contribution in [0.1, 0.15) is 30.4 Å². The topological polar surface area (TPSA) is 37.4 Å². The van der Waals surface area contributed by atoms with Crippen LogP contribution in [-0.2, 0) is 16.4 Å². The fourth-order valence-corrected chi connectivity index (χ4v) is 4.72. The van der Waals surface area contributed by atoms with E-state index in [0.717, 1.165) is 18.5 Å². The molecule has 0 radical (unpaired) electrons. The van der Waals surface area contributed by atoms with Gasteiger partial charge in [0.15, 0.2) is 9.84 Å². The van der Waals surface area contributed by atoms with Crippen molar-refractivity contribution in [1.82, 2.24) is 4.90 Å². The molecular formula is C21H23NO2S. The number of hydrogen-bond acceptors (Lipinski definition) is 3. The lowest BCUT2D eigenvalue weighted by molar-refractivity contribution is 0.203. The average Bonchev–Trinajstić information content (AvgIpc) is 2.83. The third-order valence-corrected chi connectivity index (χ3v) is 6.53. The molecule has 1 saturated heterocycles. The maximum Gasteiger partial charge on any atom is 0.175 e. The van der Waals surface area contributed by atoms with E-state index >= 15 is 0 Å². The first kappa shape index (κ1) is 16.6. The van der Waals surface area contributed by atoms with Crippen LogP contribution in [0, 0.1) is 0 Å². The highest BCUT2D eigenvalue weighted by Gasteiger charge is 2.36. The molecule has 4 heteroatoms. The van der Waals surface area contributed by atoms with E-state index in [9.17, 15) is 8.42 Å². The van der Waals surface area contributed by atoms with Crippen molar-refractivity contribution in [3.8, 4) is 0 Å². The van der Waals surface area contributed by atoms with Gasteiger partial charge in [0.1, 0.15) is 0 Å². The SMILES string of the molecule is CS(=O)(=O)c1ccc(C2=CC3CCC(C2)N3Cc2ccccc2)cc1. The maximum atomic E-state index is 11.6. The summed E-state index contributed by atoms with van der Waals surface area (Å²) in [6.45, 7) is 1.01. The van der Waals surface area contributed by atoms with Crippen LogP contribution in [0.2, 0.25) is 0 Å². The molecule has 0 aliphatic carbocycles. The Kier molecular flexibility index (Phi) is 4.26. The summed E-state index contributed by atoms with van der Waals surface area (Å²) in [5, 5.41) is 0. The van der Waals surface area contributed by atoms with Crippen LogP contribution in [0.25, 0.3) is 5.57 Å². The van der Waals surface area contributed by atoms with E-state index in [1.165, 1.54) is 30.2 Å². The molecule has 2 aliphatic heterocycles. The Balaban J connectivity index is 1.55. The van der Waals surface area contributed by atoms with Crippen molar-refractivity contribution in [3.05, 3.63) is 71.8 Å². The Morgan fingerprint density at radius 1 is 1.00 bits per heavy atom. The molecule has 2 aromatic rings. The van der Waals surface area contributed by atoms with Gasteiger partial charge in [-0.25, -0.2) is 8.42 Å². The number of sulfone groups is 1. The molecule has 2 bridgehead atoms. The largest absolute Gasteiger partial charge is 0.289 e. The molecule has 0 saturated carbocycles. The van der Waals surface area contributed by atoms with Crippen molar-refractivity contribution in [1.29, 1.82) is 0 Å². The standard InChI is InChI=1S/C21H23NO2S/c1-25(23,24)21-11-7-17(8-12-21)18-13-19-9-10-20(14-18)22(19)15-16-5-3-2-4-6-16/h2-8,11-13,19-20H,9-10,14-15H2,1H3. The van der Waals surface area contributed by atoms with Crippen molar-refractivity contribution >= 4 is 15.4 Å². The lowest BCUT2D eigenvalue weighted by Gasteiger charge is -2.34. The first-order valence-corrected chi connectivity index (χ1v) is 10.7. The van der Waals surface area contributed by atoms with Gasteiger partial charge < -0.3 is 0 Å². The van der Waals surface area contributed by atoms with E-state index in [4.69, 9.17) is 0 Å². The fourth-order valence-electron chi connectivity index (χ4n) is 4.09. The van der Waals surface area contributed by atoms with Crippen LogP contribution in [0.15, 0.2) is 65.6 Å². The van der Waals surface area contributed by atoms with E-state index in [0.29, 0.717) is 17.0 Å². The van der Waals surface area contributed by atoms with Crippen LogP contribution in [0.5, 0.6) is 0 Å². The van der Waals surface area contributed by atoms with Crippen LogP contribution in [0.4, 0.5) is 0 Å². The molecule has 2 atom stereocenters. The summed E-state index contributed by atoms with van der Waals surface area (Å²) >= 11 is 0. The number of rotatable bonds is 4. The summed E-state index contributed by atoms with van der Waals surface area (Å²) in [5.41, 5.74) is 3.88. The normalized spacial score (nSPS) is 23.5. The van der Waals surface area contributed by atoms with Gasteiger partial charge in [0, 0.05) is 24.9 Å². The molecule has 130 valence electrons. The molecular weight excluding hydrogens is 330 g/mol. The molecule has 0 amide bonds. The smallest absolute Gasteiger partial charge is 0.175 e. The number of benzene rings is 2. The molecule has 25 heavy (non-hydrogen) atoms. The zero-order chi connectivity index (χ0) is 17.4. The highest BCUT2D eigenvalue weighted by molar-refractivity contribution is 7.90. The van der Waals surface area contributed by atoms with E-state index < -0.39 is 9.84 Å². The molecule has 4 rings (SSSR count). The summed E-state index contributed by atoms with van der Waals surface area (Å²) < 4.78 is 23.3. The number of fused-ring (bicyclic) bond motifs is 2. The quantitative estimate of drug-likeness (QED) is 0.836. The van der Waals surface area contributed by atoms with Gasteiger partial charge in [-0.15, -0.1) is 0 Å². The minimum absolute atomic E-state index is 0.390. The summed E-state index contributed by atoms with van der Waals surface area (Å²) in [6, 6.07) is 19.1. The fraction of sp³-hybridized carbons (Fsp3) is 0.333. The highest BCUT2D eigenvalue weighted by Crippen LogP contribution is 2.39. The third-order valence-electron chi connectivity index (χ3n) is 5.40. The van der Waals surface area contributed by atoms with E-state index in [1.807, 2.05) is 12.1 Å². The van der Waals surface area contributed by atoms with Crippen molar-refractivity contribution < 1.29 is 8.42 Å². The zero-order valence-corrected chi connectivity index (χ0v) is 15.2. The predicted octanol–water partition coefficient (Wildman–Crippen LogP) is 3.91. The second-order valence-corrected chi connectivity index (χ2v) is 9.16. The minimum atomic E-state index is -3.13. The van der Waals surface area contributed by atoms with Gasteiger partial charge >= 0.3 is 0 Å². The van der Waals surface area contributed by atoms with Gasteiger partial charge in [0.25, 0.3) is 0 Å². The third kappa shape index (κ3) is 3.42. The second-order valence-electron chi connectivity index (χ2n) is 7.15. The summed E-state index contributed by atoms with van der Waals surface area (Å²) in [5.74, 6) is 0. The van der Waals surface area contributed by atoms with Gasteiger partial charge in [-0.3, -0.25) is 4.90 Å². The molecule has 2 aromatic carbocycles. The van der Waals surface area contributed by atoms with Gasteiger partial charge in [0.2, 0.25) is 0 Å². The van der Waals surface area contributed by atoms with Crippen LogP contribution in [-0.4, -0.2) is 31.7 Å². The lowest BCUT2D eigenvalue weighted by Crippen LogP contribution is -2.37. The number of hydrogen-bond donors (Lipinski definition) is 0. The van der Waals surface area contributed by atoms with Gasteiger partial charge in [-0.2, -0.15) is 0 Å². The Bertz CT molecular complexity index is 885. The first-order valence-electron chi connectivity index (χ1n) is 8.81. The Hall–Kier alpha value is -1.91. The molecule has 1 fully saturated rings. The van der Waals surface area contributed by atoms with Gasteiger partial charge in [-0.1, -0.05) is 48.5 Å². The van der Waals surface area contributed by atoms with Crippen molar-refractivity contribution in [3.63, 3.8) is 0 Å². The molecule has 0 N–H and O–H groups in total. The maximum absolute atomic E-state index is 11.6.